The molecule has 1 aromatic rings. The van der Waals surface area contributed by atoms with Crippen molar-refractivity contribution in [2.24, 2.45) is 0 Å². The normalized spacial score (nSPS) is 13.0. The summed E-state index contributed by atoms with van der Waals surface area (Å²) in [6, 6.07) is 3.44. The second-order valence-corrected chi connectivity index (χ2v) is 3.19. The zero-order valence-corrected chi connectivity index (χ0v) is 7.76. The lowest BCUT2D eigenvalue weighted by atomic mass is 10.1. The van der Waals surface area contributed by atoms with Crippen LogP contribution in [0.2, 0.25) is 5.02 Å². The number of benzene rings is 1. The minimum Gasteiger partial charge on any atom is -0.506 e. The highest BCUT2D eigenvalue weighted by molar-refractivity contribution is 6.32. The molecular formula is C9H11ClO2. The Morgan fingerprint density at radius 1 is 1.42 bits per heavy atom. The Morgan fingerprint density at radius 2 is 2.00 bits per heavy atom. The number of aliphatic hydroxyl groups excluding tert-OH is 1. The van der Waals surface area contributed by atoms with Gasteiger partial charge in [-0.15, -0.1) is 0 Å². The van der Waals surface area contributed by atoms with Crippen LogP contribution in [-0.4, -0.2) is 10.2 Å². The van der Waals surface area contributed by atoms with Crippen LogP contribution in [0.25, 0.3) is 0 Å². The van der Waals surface area contributed by atoms with Crippen molar-refractivity contribution in [1.82, 2.24) is 0 Å². The van der Waals surface area contributed by atoms with Gasteiger partial charge in [0.25, 0.3) is 0 Å². The number of aryl methyl sites for hydroxylation is 1. The Kier molecular flexibility index (Phi) is 2.60. The van der Waals surface area contributed by atoms with E-state index in [1.54, 1.807) is 26.0 Å². The van der Waals surface area contributed by atoms with Gasteiger partial charge in [-0.3, -0.25) is 0 Å². The molecule has 0 aliphatic carbocycles. The van der Waals surface area contributed by atoms with E-state index in [1.165, 1.54) is 0 Å². The molecule has 0 bridgehead atoms. The van der Waals surface area contributed by atoms with E-state index in [9.17, 15) is 10.2 Å². The second-order valence-electron chi connectivity index (χ2n) is 2.81. The number of halogens is 1. The van der Waals surface area contributed by atoms with Crippen LogP contribution in [0.5, 0.6) is 5.75 Å². The van der Waals surface area contributed by atoms with Crippen LogP contribution in [0.1, 0.15) is 24.2 Å². The fourth-order valence-electron chi connectivity index (χ4n) is 1.02. The van der Waals surface area contributed by atoms with Gasteiger partial charge < -0.3 is 10.2 Å². The number of rotatable bonds is 1. The van der Waals surface area contributed by atoms with Crippen LogP contribution in [0, 0.1) is 6.92 Å². The minimum atomic E-state index is -0.692. The van der Waals surface area contributed by atoms with E-state index >= 15 is 0 Å². The molecule has 0 saturated heterocycles. The summed E-state index contributed by atoms with van der Waals surface area (Å²) in [5, 5.41) is 19.0. The highest BCUT2D eigenvalue weighted by Crippen LogP contribution is 2.33. The van der Waals surface area contributed by atoms with Gasteiger partial charge in [-0.1, -0.05) is 23.7 Å². The lowest BCUT2D eigenvalue weighted by molar-refractivity contribution is 0.195. The Hall–Kier alpha value is -0.730. The Labute approximate surface area is 76.4 Å². The summed E-state index contributed by atoms with van der Waals surface area (Å²) < 4.78 is 0. The van der Waals surface area contributed by atoms with E-state index in [1.807, 2.05) is 0 Å². The first-order valence-electron chi connectivity index (χ1n) is 3.70. The van der Waals surface area contributed by atoms with Gasteiger partial charge in [-0.05, 0) is 19.4 Å². The third-order valence-corrected chi connectivity index (χ3v) is 2.27. The van der Waals surface area contributed by atoms with Gasteiger partial charge in [0.05, 0.1) is 11.1 Å². The molecule has 0 spiro atoms. The smallest absolute Gasteiger partial charge is 0.140 e. The Morgan fingerprint density at radius 3 is 2.50 bits per heavy atom. The number of phenolic OH excluding ortho intramolecular Hbond substituents is 1. The molecule has 0 fully saturated rings. The molecule has 1 unspecified atom stereocenters. The average molecular weight is 187 g/mol. The average Bonchev–Trinajstić information content (AvgIpc) is 2.00. The molecule has 0 aliphatic heterocycles. The molecule has 0 aromatic heterocycles. The molecule has 0 saturated carbocycles. The number of phenols is 1. The van der Waals surface area contributed by atoms with E-state index in [0.717, 1.165) is 5.56 Å². The van der Waals surface area contributed by atoms with Crippen molar-refractivity contribution >= 4 is 11.6 Å². The predicted octanol–water partition coefficient (Wildman–Crippen LogP) is 2.41. The summed E-state index contributed by atoms with van der Waals surface area (Å²) in [6.07, 6.45) is -0.692. The van der Waals surface area contributed by atoms with E-state index in [4.69, 9.17) is 11.6 Å². The van der Waals surface area contributed by atoms with E-state index in [0.29, 0.717) is 10.6 Å². The third kappa shape index (κ3) is 1.54. The Balaban J connectivity index is 3.27. The molecule has 0 radical (unpaired) electrons. The van der Waals surface area contributed by atoms with Crippen LogP contribution in [-0.2, 0) is 0 Å². The summed E-state index contributed by atoms with van der Waals surface area (Å²) in [5.41, 5.74) is 1.27. The molecule has 0 aliphatic rings. The maximum atomic E-state index is 9.46. The van der Waals surface area contributed by atoms with Crippen LogP contribution < -0.4 is 0 Å². The lowest BCUT2D eigenvalue weighted by Crippen LogP contribution is -1.92. The topological polar surface area (TPSA) is 40.5 Å². The van der Waals surface area contributed by atoms with Crippen LogP contribution in [0.4, 0.5) is 0 Å². The summed E-state index contributed by atoms with van der Waals surface area (Å²) in [4.78, 5) is 0. The van der Waals surface area contributed by atoms with E-state index in [-0.39, 0.29) is 5.75 Å². The molecular weight excluding hydrogens is 176 g/mol. The van der Waals surface area contributed by atoms with E-state index in [2.05, 4.69) is 0 Å². The predicted molar refractivity (Wildman–Crippen MR) is 48.5 cm³/mol. The maximum absolute atomic E-state index is 9.46. The lowest BCUT2D eigenvalue weighted by Gasteiger charge is -2.09. The van der Waals surface area contributed by atoms with Crippen molar-refractivity contribution in [3.8, 4) is 5.75 Å². The van der Waals surface area contributed by atoms with Crippen molar-refractivity contribution in [3.05, 3.63) is 28.3 Å². The molecule has 66 valence electrons. The fourth-order valence-corrected chi connectivity index (χ4v) is 1.19. The van der Waals surface area contributed by atoms with E-state index < -0.39 is 6.10 Å². The van der Waals surface area contributed by atoms with Gasteiger partial charge in [0.15, 0.2) is 0 Å². The van der Waals surface area contributed by atoms with Crippen molar-refractivity contribution < 1.29 is 10.2 Å². The van der Waals surface area contributed by atoms with Gasteiger partial charge in [-0.25, -0.2) is 0 Å². The molecule has 1 atom stereocenters. The largest absolute Gasteiger partial charge is 0.506 e. The van der Waals surface area contributed by atoms with Gasteiger partial charge in [0.1, 0.15) is 5.75 Å². The molecule has 1 aromatic carbocycles. The third-order valence-electron chi connectivity index (χ3n) is 1.79. The first kappa shape index (κ1) is 9.36. The first-order chi connectivity index (χ1) is 5.54. The van der Waals surface area contributed by atoms with Crippen molar-refractivity contribution in [2.75, 3.05) is 0 Å². The van der Waals surface area contributed by atoms with Crippen molar-refractivity contribution in [2.45, 2.75) is 20.0 Å². The quantitative estimate of drug-likeness (QED) is 0.707. The number of hydrogen-bond acceptors (Lipinski definition) is 2. The zero-order valence-electron chi connectivity index (χ0n) is 7.00. The number of hydrogen-bond donors (Lipinski definition) is 2. The summed E-state index contributed by atoms with van der Waals surface area (Å²) >= 11 is 5.77. The van der Waals surface area contributed by atoms with Crippen molar-refractivity contribution in [3.63, 3.8) is 0 Å². The van der Waals surface area contributed by atoms with Gasteiger partial charge >= 0.3 is 0 Å². The number of aromatic hydroxyl groups is 1. The molecule has 12 heavy (non-hydrogen) atoms. The van der Waals surface area contributed by atoms with Gasteiger partial charge in [-0.2, -0.15) is 0 Å². The minimum absolute atomic E-state index is 0.0216. The molecule has 3 heteroatoms. The standard InChI is InChI=1S/C9H11ClO2/c1-5-3-4-7(6(2)11)9(12)8(5)10/h3-4,6,11-12H,1-2H3. The van der Waals surface area contributed by atoms with Crippen LogP contribution >= 0.6 is 11.6 Å². The molecule has 0 heterocycles. The molecule has 2 N–H and O–H groups in total. The van der Waals surface area contributed by atoms with Gasteiger partial charge in [0.2, 0.25) is 0 Å². The summed E-state index contributed by atoms with van der Waals surface area (Å²) in [6.45, 7) is 3.38. The highest BCUT2D eigenvalue weighted by atomic mass is 35.5. The van der Waals surface area contributed by atoms with Crippen LogP contribution in [0.15, 0.2) is 12.1 Å². The monoisotopic (exact) mass is 186 g/mol. The molecule has 0 amide bonds. The van der Waals surface area contributed by atoms with Crippen molar-refractivity contribution in [1.29, 1.82) is 0 Å². The second kappa shape index (κ2) is 3.33. The molecule has 2 nitrogen and oxygen atoms in total. The number of aliphatic hydroxyl groups is 1. The summed E-state index contributed by atoms with van der Waals surface area (Å²) in [5.74, 6) is -0.0216. The first-order valence-corrected chi connectivity index (χ1v) is 4.08. The zero-order chi connectivity index (χ0) is 9.30. The highest BCUT2D eigenvalue weighted by Gasteiger charge is 2.11. The van der Waals surface area contributed by atoms with Gasteiger partial charge in [0, 0.05) is 5.56 Å². The maximum Gasteiger partial charge on any atom is 0.140 e. The SMILES string of the molecule is Cc1ccc(C(C)O)c(O)c1Cl. The van der Waals surface area contributed by atoms with Crippen LogP contribution in [0.3, 0.4) is 0 Å². The fraction of sp³-hybridized carbons (Fsp3) is 0.333. The molecule has 1 rings (SSSR count). The Bertz CT molecular complexity index is 295. The summed E-state index contributed by atoms with van der Waals surface area (Å²) in [7, 11) is 0.